The first-order chi connectivity index (χ1) is 8.49. The number of hydrogen-bond donors (Lipinski definition) is 3. The van der Waals surface area contributed by atoms with E-state index in [0.717, 1.165) is 6.42 Å². The molecule has 1 heterocycles. The third kappa shape index (κ3) is 4.62. The van der Waals surface area contributed by atoms with E-state index in [1.807, 2.05) is 13.8 Å². The number of aromatic nitrogens is 1. The maximum Gasteiger partial charge on any atom is 0.319 e. The van der Waals surface area contributed by atoms with Gasteiger partial charge in [-0.25, -0.2) is 9.78 Å². The molecule has 5 nitrogen and oxygen atoms in total. The van der Waals surface area contributed by atoms with E-state index in [1.165, 1.54) is 0 Å². The lowest BCUT2D eigenvalue weighted by atomic mass is 9.95. The molecule has 0 aliphatic rings. The maximum absolute atomic E-state index is 11.8. The van der Waals surface area contributed by atoms with Crippen molar-refractivity contribution in [2.24, 2.45) is 0 Å². The number of aliphatic hydroxyl groups excluding tert-OH is 1. The van der Waals surface area contributed by atoms with E-state index in [1.54, 1.807) is 18.3 Å². The molecule has 1 atom stereocenters. The number of carbonyl (C=O) groups is 1. The van der Waals surface area contributed by atoms with Crippen molar-refractivity contribution in [3.05, 3.63) is 22.9 Å². The minimum absolute atomic E-state index is 0.0461. The van der Waals surface area contributed by atoms with Gasteiger partial charge in [-0.2, -0.15) is 0 Å². The van der Waals surface area contributed by atoms with E-state index in [0.29, 0.717) is 16.7 Å². The number of carbonyl (C=O) groups excluding carboxylic acids is 1. The fraction of sp³-hybridized carbons (Fsp3) is 0.500. The number of hydrogen-bond acceptors (Lipinski definition) is 3. The van der Waals surface area contributed by atoms with Gasteiger partial charge in [0.25, 0.3) is 0 Å². The van der Waals surface area contributed by atoms with Gasteiger partial charge in [0.2, 0.25) is 0 Å². The van der Waals surface area contributed by atoms with Crippen molar-refractivity contribution >= 4 is 27.6 Å². The summed E-state index contributed by atoms with van der Waals surface area (Å²) in [7, 11) is 0. The molecular formula is C12H18BrN3O2. The summed E-state index contributed by atoms with van der Waals surface area (Å²) in [4.78, 5) is 15.8. The molecule has 0 aliphatic carbocycles. The van der Waals surface area contributed by atoms with E-state index < -0.39 is 5.54 Å². The van der Waals surface area contributed by atoms with Gasteiger partial charge in [0.1, 0.15) is 4.60 Å². The van der Waals surface area contributed by atoms with Crippen LogP contribution in [0.4, 0.5) is 10.5 Å². The topological polar surface area (TPSA) is 74.2 Å². The molecule has 1 unspecified atom stereocenters. The Labute approximate surface area is 115 Å². The van der Waals surface area contributed by atoms with Crippen LogP contribution in [0.5, 0.6) is 0 Å². The fourth-order valence-corrected chi connectivity index (χ4v) is 1.70. The van der Waals surface area contributed by atoms with E-state index in [2.05, 4.69) is 31.5 Å². The zero-order valence-corrected chi connectivity index (χ0v) is 12.1. The zero-order valence-electron chi connectivity index (χ0n) is 10.5. The van der Waals surface area contributed by atoms with Gasteiger partial charge in [-0.05, 0) is 47.8 Å². The summed E-state index contributed by atoms with van der Waals surface area (Å²) in [6.45, 7) is 3.92. The van der Waals surface area contributed by atoms with Gasteiger partial charge in [0, 0.05) is 12.1 Å². The average molecular weight is 316 g/mol. The van der Waals surface area contributed by atoms with Crippen LogP contribution in [0.15, 0.2) is 22.9 Å². The SMILES string of the molecule is CCC(C)(CCO)NC(=O)Nc1ccc(Br)nc1. The summed E-state index contributed by atoms with van der Waals surface area (Å²) >= 11 is 3.23. The van der Waals surface area contributed by atoms with Gasteiger partial charge < -0.3 is 15.7 Å². The largest absolute Gasteiger partial charge is 0.396 e. The molecule has 1 rings (SSSR count). The van der Waals surface area contributed by atoms with Crippen molar-refractivity contribution in [3.63, 3.8) is 0 Å². The van der Waals surface area contributed by atoms with Crippen LogP contribution in [0.2, 0.25) is 0 Å². The Morgan fingerprint density at radius 2 is 2.28 bits per heavy atom. The van der Waals surface area contributed by atoms with Crippen LogP contribution in [0, 0.1) is 0 Å². The lowest BCUT2D eigenvalue weighted by molar-refractivity contribution is 0.208. The number of urea groups is 1. The second kappa shape index (κ2) is 6.70. The number of aliphatic hydroxyl groups is 1. The lowest BCUT2D eigenvalue weighted by Crippen LogP contribution is -2.48. The van der Waals surface area contributed by atoms with Crippen molar-refractivity contribution in [1.29, 1.82) is 0 Å². The maximum atomic E-state index is 11.8. The van der Waals surface area contributed by atoms with Gasteiger partial charge in [-0.1, -0.05) is 6.92 Å². The molecule has 18 heavy (non-hydrogen) atoms. The van der Waals surface area contributed by atoms with Gasteiger partial charge in [0.05, 0.1) is 11.9 Å². The number of pyridine rings is 1. The van der Waals surface area contributed by atoms with E-state index in [-0.39, 0.29) is 12.6 Å². The molecule has 0 saturated carbocycles. The number of halogens is 1. The Balaban J connectivity index is 2.58. The van der Waals surface area contributed by atoms with E-state index in [9.17, 15) is 4.79 Å². The summed E-state index contributed by atoms with van der Waals surface area (Å²) in [5.41, 5.74) is 0.222. The highest BCUT2D eigenvalue weighted by molar-refractivity contribution is 9.10. The average Bonchev–Trinajstić information content (AvgIpc) is 2.32. The zero-order chi connectivity index (χ0) is 13.6. The molecule has 1 aromatic heterocycles. The third-order valence-corrected chi connectivity index (χ3v) is 3.31. The standard InChI is InChI=1S/C12H18BrN3O2/c1-3-12(2,6-7-17)16-11(18)15-9-4-5-10(13)14-8-9/h4-5,8,17H,3,6-7H2,1-2H3,(H2,15,16,18). The molecule has 0 aliphatic heterocycles. The molecule has 1 aromatic rings. The van der Waals surface area contributed by atoms with Crippen molar-refractivity contribution in [2.75, 3.05) is 11.9 Å². The predicted molar refractivity (Wildman–Crippen MR) is 74.5 cm³/mol. The molecule has 0 bridgehead atoms. The fourth-order valence-electron chi connectivity index (χ4n) is 1.46. The Hall–Kier alpha value is -1.14. The minimum Gasteiger partial charge on any atom is -0.396 e. The summed E-state index contributed by atoms with van der Waals surface area (Å²) in [5, 5.41) is 14.5. The first-order valence-electron chi connectivity index (χ1n) is 5.80. The molecular weight excluding hydrogens is 298 g/mol. The third-order valence-electron chi connectivity index (χ3n) is 2.84. The molecule has 3 N–H and O–H groups in total. The van der Waals surface area contributed by atoms with Gasteiger partial charge in [-0.3, -0.25) is 0 Å². The second-order valence-corrected chi connectivity index (χ2v) is 5.15. The predicted octanol–water partition coefficient (Wildman–Crippen LogP) is 2.52. The van der Waals surface area contributed by atoms with Crippen LogP contribution in [-0.2, 0) is 0 Å². The molecule has 0 radical (unpaired) electrons. The molecule has 2 amide bonds. The Kier molecular flexibility index (Phi) is 5.55. The number of rotatable bonds is 5. The molecule has 0 saturated heterocycles. The summed E-state index contributed by atoms with van der Waals surface area (Å²) in [5.74, 6) is 0. The van der Waals surface area contributed by atoms with E-state index in [4.69, 9.17) is 5.11 Å². The summed E-state index contributed by atoms with van der Waals surface area (Å²) < 4.78 is 0.715. The molecule has 0 spiro atoms. The Morgan fingerprint density at radius 1 is 1.56 bits per heavy atom. The minimum atomic E-state index is -0.401. The quantitative estimate of drug-likeness (QED) is 0.731. The van der Waals surface area contributed by atoms with Gasteiger partial charge in [-0.15, -0.1) is 0 Å². The van der Waals surface area contributed by atoms with Gasteiger partial charge in [0.15, 0.2) is 0 Å². The van der Waals surface area contributed by atoms with Crippen molar-refractivity contribution in [1.82, 2.24) is 10.3 Å². The van der Waals surface area contributed by atoms with Crippen LogP contribution < -0.4 is 10.6 Å². The number of nitrogens with zero attached hydrogens (tertiary/aromatic N) is 1. The summed E-state index contributed by atoms with van der Waals surface area (Å²) in [6, 6.07) is 3.21. The van der Waals surface area contributed by atoms with E-state index >= 15 is 0 Å². The first kappa shape index (κ1) is 14.9. The number of amides is 2. The second-order valence-electron chi connectivity index (χ2n) is 4.34. The first-order valence-corrected chi connectivity index (χ1v) is 6.60. The van der Waals surface area contributed by atoms with Crippen LogP contribution in [0.3, 0.4) is 0 Å². The van der Waals surface area contributed by atoms with Crippen LogP contribution in [-0.4, -0.2) is 28.3 Å². The molecule has 0 aromatic carbocycles. The number of nitrogens with one attached hydrogen (secondary N) is 2. The van der Waals surface area contributed by atoms with Crippen molar-refractivity contribution in [2.45, 2.75) is 32.2 Å². The summed E-state index contributed by atoms with van der Waals surface area (Å²) in [6.07, 6.45) is 2.84. The normalized spacial score (nSPS) is 13.8. The highest BCUT2D eigenvalue weighted by Crippen LogP contribution is 2.15. The van der Waals surface area contributed by atoms with Gasteiger partial charge >= 0.3 is 6.03 Å². The highest BCUT2D eigenvalue weighted by Gasteiger charge is 2.23. The Morgan fingerprint density at radius 3 is 2.78 bits per heavy atom. The molecule has 100 valence electrons. The van der Waals surface area contributed by atoms with Crippen molar-refractivity contribution in [3.8, 4) is 0 Å². The van der Waals surface area contributed by atoms with Crippen LogP contribution in [0.1, 0.15) is 26.7 Å². The monoisotopic (exact) mass is 315 g/mol. The lowest BCUT2D eigenvalue weighted by Gasteiger charge is -2.28. The molecule has 0 fully saturated rings. The van der Waals surface area contributed by atoms with Crippen molar-refractivity contribution < 1.29 is 9.90 Å². The Bertz CT molecular complexity index is 397. The van der Waals surface area contributed by atoms with Crippen LogP contribution >= 0.6 is 15.9 Å². The van der Waals surface area contributed by atoms with Crippen LogP contribution in [0.25, 0.3) is 0 Å². The molecule has 6 heteroatoms. The highest BCUT2D eigenvalue weighted by atomic mass is 79.9. The number of anilines is 1. The smallest absolute Gasteiger partial charge is 0.319 e.